The highest BCUT2D eigenvalue weighted by Crippen LogP contribution is 2.31. The highest BCUT2D eigenvalue weighted by atomic mass is 35.5. The lowest BCUT2D eigenvalue weighted by Crippen LogP contribution is -2.26. The van der Waals surface area contributed by atoms with Gasteiger partial charge in [-0.25, -0.2) is 0 Å². The van der Waals surface area contributed by atoms with Crippen molar-refractivity contribution in [1.29, 1.82) is 0 Å². The standard InChI is InChI=1S/C16H16ClN3O2/c17-11-4-7-13(18-12-5-6-12)14(9-11)19-15(21)10-20-8-2-1-3-16(20)22/h1-4,7-9,12,18H,5-6,10H2,(H,19,21). The summed E-state index contributed by atoms with van der Waals surface area (Å²) in [6.07, 6.45) is 3.86. The third-order valence-electron chi connectivity index (χ3n) is 3.41. The van der Waals surface area contributed by atoms with E-state index in [0.29, 0.717) is 16.8 Å². The smallest absolute Gasteiger partial charge is 0.250 e. The van der Waals surface area contributed by atoms with Crippen LogP contribution < -0.4 is 16.2 Å². The van der Waals surface area contributed by atoms with Crippen LogP contribution in [-0.4, -0.2) is 16.5 Å². The monoisotopic (exact) mass is 317 g/mol. The summed E-state index contributed by atoms with van der Waals surface area (Å²) in [4.78, 5) is 23.8. The molecule has 0 radical (unpaired) electrons. The Balaban J connectivity index is 1.74. The number of carbonyl (C=O) groups is 1. The minimum Gasteiger partial charge on any atom is -0.381 e. The second-order valence-corrected chi connectivity index (χ2v) is 5.76. The van der Waals surface area contributed by atoms with Crippen molar-refractivity contribution in [3.05, 3.63) is 58.0 Å². The van der Waals surface area contributed by atoms with Crippen molar-refractivity contribution in [3.63, 3.8) is 0 Å². The fourth-order valence-electron chi connectivity index (χ4n) is 2.13. The molecule has 22 heavy (non-hydrogen) atoms. The number of halogens is 1. The van der Waals surface area contributed by atoms with E-state index in [1.165, 1.54) is 10.6 Å². The second-order valence-electron chi connectivity index (χ2n) is 5.32. The van der Waals surface area contributed by atoms with Gasteiger partial charge < -0.3 is 15.2 Å². The van der Waals surface area contributed by atoms with E-state index in [1.54, 1.807) is 30.5 Å². The highest BCUT2D eigenvalue weighted by Gasteiger charge is 2.22. The van der Waals surface area contributed by atoms with Crippen molar-refractivity contribution in [2.24, 2.45) is 0 Å². The molecule has 0 bridgehead atoms. The molecule has 2 N–H and O–H groups in total. The summed E-state index contributed by atoms with van der Waals surface area (Å²) in [5.74, 6) is -0.269. The number of hydrogen-bond acceptors (Lipinski definition) is 3. The van der Waals surface area contributed by atoms with Gasteiger partial charge in [0.2, 0.25) is 5.91 Å². The zero-order valence-electron chi connectivity index (χ0n) is 11.9. The molecule has 3 rings (SSSR count). The number of benzene rings is 1. The Labute approximate surface area is 132 Å². The molecule has 1 fully saturated rings. The van der Waals surface area contributed by atoms with Gasteiger partial charge in [-0.3, -0.25) is 9.59 Å². The number of carbonyl (C=O) groups excluding carboxylic acids is 1. The normalized spacial score (nSPS) is 13.7. The van der Waals surface area contributed by atoms with Crippen molar-refractivity contribution < 1.29 is 4.79 Å². The van der Waals surface area contributed by atoms with Gasteiger partial charge in [0.05, 0.1) is 11.4 Å². The minimum atomic E-state index is -0.269. The number of anilines is 2. The topological polar surface area (TPSA) is 63.1 Å². The quantitative estimate of drug-likeness (QED) is 0.891. The van der Waals surface area contributed by atoms with Crippen LogP contribution in [0.3, 0.4) is 0 Å². The van der Waals surface area contributed by atoms with Crippen molar-refractivity contribution in [1.82, 2.24) is 4.57 Å². The molecule has 0 unspecified atom stereocenters. The molecule has 1 saturated carbocycles. The van der Waals surface area contributed by atoms with E-state index in [1.807, 2.05) is 6.07 Å². The number of hydrogen-bond donors (Lipinski definition) is 2. The minimum absolute atomic E-state index is 0.0327. The maximum Gasteiger partial charge on any atom is 0.250 e. The molecule has 2 aromatic rings. The molecule has 0 atom stereocenters. The molecule has 1 aromatic heterocycles. The van der Waals surface area contributed by atoms with E-state index < -0.39 is 0 Å². The fraction of sp³-hybridized carbons (Fsp3) is 0.250. The Hall–Kier alpha value is -2.27. The predicted molar refractivity (Wildman–Crippen MR) is 87.4 cm³/mol. The van der Waals surface area contributed by atoms with Crippen LogP contribution in [0.1, 0.15) is 12.8 Å². The van der Waals surface area contributed by atoms with E-state index in [2.05, 4.69) is 10.6 Å². The van der Waals surface area contributed by atoms with Gasteiger partial charge in [-0.05, 0) is 37.1 Å². The third kappa shape index (κ3) is 3.68. The van der Waals surface area contributed by atoms with Crippen molar-refractivity contribution in [2.75, 3.05) is 10.6 Å². The Morgan fingerprint density at radius 2 is 2.05 bits per heavy atom. The fourth-order valence-corrected chi connectivity index (χ4v) is 2.30. The van der Waals surface area contributed by atoms with Gasteiger partial charge in [-0.1, -0.05) is 17.7 Å². The average molecular weight is 318 g/mol. The molecule has 1 aliphatic rings. The molecule has 0 saturated heterocycles. The summed E-state index contributed by atoms with van der Waals surface area (Å²) < 4.78 is 1.36. The summed E-state index contributed by atoms with van der Waals surface area (Å²) >= 11 is 6.00. The molecule has 0 spiro atoms. The average Bonchev–Trinajstić information content (AvgIpc) is 3.28. The van der Waals surface area contributed by atoms with Crippen LogP contribution in [-0.2, 0) is 11.3 Å². The highest BCUT2D eigenvalue weighted by molar-refractivity contribution is 6.31. The first-order valence-corrected chi connectivity index (χ1v) is 7.51. The van der Waals surface area contributed by atoms with Gasteiger partial charge in [0.15, 0.2) is 0 Å². The van der Waals surface area contributed by atoms with Crippen LogP contribution in [0.25, 0.3) is 0 Å². The molecule has 5 nitrogen and oxygen atoms in total. The van der Waals surface area contributed by atoms with Crippen LogP contribution in [0, 0.1) is 0 Å². The maximum absolute atomic E-state index is 12.2. The number of nitrogens with zero attached hydrogens (tertiary/aromatic N) is 1. The zero-order valence-corrected chi connectivity index (χ0v) is 12.6. The largest absolute Gasteiger partial charge is 0.381 e. The van der Waals surface area contributed by atoms with Crippen LogP contribution in [0.15, 0.2) is 47.4 Å². The number of aromatic nitrogens is 1. The Kier molecular flexibility index (Phi) is 4.15. The van der Waals surface area contributed by atoms with Gasteiger partial charge >= 0.3 is 0 Å². The van der Waals surface area contributed by atoms with Crippen LogP contribution in [0.4, 0.5) is 11.4 Å². The van der Waals surface area contributed by atoms with Gasteiger partial charge in [0, 0.05) is 23.3 Å². The molecule has 6 heteroatoms. The zero-order chi connectivity index (χ0) is 15.5. The number of rotatable bonds is 5. The van der Waals surface area contributed by atoms with E-state index in [4.69, 9.17) is 11.6 Å². The predicted octanol–water partition coefficient (Wildman–Crippen LogP) is 2.71. The molecule has 114 valence electrons. The lowest BCUT2D eigenvalue weighted by Gasteiger charge is -2.13. The number of amides is 1. The van der Waals surface area contributed by atoms with Gasteiger partial charge in [-0.15, -0.1) is 0 Å². The van der Waals surface area contributed by atoms with Crippen molar-refractivity contribution in [2.45, 2.75) is 25.4 Å². The first-order valence-electron chi connectivity index (χ1n) is 7.13. The summed E-state index contributed by atoms with van der Waals surface area (Å²) in [6.45, 7) is -0.0327. The third-order valence-corrected chi connectivity index (χ3v) is 3.64. The summed E-state index contributed by atoms with van der Waals surface area (Å²) in [5, 5.41) is 6.71. The molecular formula is C16H16ClN3O2. The van der Waals surface area contributed by atoms with Gasteiger partial charge in [0.25, 0.3) is 5.56 Å². The molecule has 1 aliphatic carbocycles. The van der Waals surface area contributed by atoms with E-state index in [0.717, 1.165) is 18.5 Å². The summed E-state index contributed by atoms with van der Waals surface area (Å²) in [6, 6.07) is 10.6. The molecule has 1 heterocycles. The molecular weight excluding hydrogens is 302 g/mol. The van der Waals surface area contributed by atoms with Crippen LogP contribution in [0.5, 0.6) is 0 Å². The summed E-state index contributed by atoms with van der Waals surface area (Å²) in [5.41, 5.74) is 1.27. The van der Waals surface area contributed by atoms with Gasteiger partial charge in [0.1, 0.15) is 6.54 Å². The van der Waals surface area contributed by atoms with E-state index >= 15 is 0 Å². The van der Waals surface area contributed by atoms with Crippen LogP contribution >= 0.6 is 11.6 Å². The lowest BCUT2D eigenvalue weighted by atomic mass is 10.2. The van der Waals surface area contributed by atoms with E-state index in [-0.39, 0.29) is 18.0 Å². The van der Waals surface area contributed by atoms with Crippen LogP contribution in [0.2, 0.25) is 5.02 Å². The van der Waals surface area contributed by atoms with Gasteiger partial charge in [-0.2, -0.15) is 0 Å². The van der Waals surface area contributed by atoms with E-state index in [9.17, 15) is 9.59 Å². The number of nitrogens with one attached hydrogen (secondary N) is 2. The lowest BCUT2D eigenvalue weighted by molar-refractivity contribution is -0.116. The molecule has 1 aromatic carbocycles. The first-order chi connectivity index (χ1) is 10.6. The molecule has 0 aliphatic heterocycles. The Morgan fingerprint density at radius 3 is 2.77 bits per heavy atom. The Bertz CT molecular complexity index is 753. The number of pyridine rings is 1. The second kappa shape index (κ2) is 6.23. The molecule has 1 amide bonds. The first kappa shape index (κ1) is 14.7. The maximum atomic E-state index is 12.2. The SMILES string of the molecule is O=C(Cn1ccccc1=O)Nc1cc(Cl)ccc1NC1CC1. The summed E-state index contributed by atoms with van der Waals surface area (Å²) in [7, 11) is 0. The van der Waals surface area contributed by atoms with Crippen molar-refractivity contribution in [3.8, 4) is 0 Å². The Morgan fingerprint density at radius 1 is 1.23 bits per heavy atom. The van der Waals surface area contributed by atoms with Crippen molar-refractivity contribution >= 4 is 28.9 Å².